The minimum absolute atomic E-state index is 0.119. The van der Waals surface area contributed by atoms with Gasteiger partial charge in [0.05, 0.1) is 0 Å². The lowest BCUT2D eigenvalue weighted by Gasteiger charge is -2.05. The van der Waals surface area contributed by atoms with Crippen molar-refractivity contribution in [3.8, 4) is 0 Å². The first-order chi connectivity index (χ1) is 12.3. The van der Waals surface area contributed by atoms with Gasteiger partial charge in [-0.25, -0.2) is 0 Å². The molecule has 0 fully saturated rings. The molecule has 136 valence electrons. The molecule has 0 N–H and O–H groups in total. The highest BCUT2D eigenvalue weighted by Gasteiger charge is 2.05. The third kappa shape index (κ3) is 6.29. The number of benzene rings is 2. The van der Waals surface area contributed by atoms with Crippen LogP contribution in [0, 0.1) is 13.8 Å². The van der Waals surface area contributed by atoms with E-state index in [0.717, 1.165) is 40.7 Å². The van der Waals surface area contributed by atoms with E-state index < -0.39 is 0 Å². The minimum Gasteiger partial charge on any atom is -0.295 e. The van der Waals surface area contributed by atoms with Gasteiger partial charge in [-0.2, -0.15) is 0 Å². The molecule has 0 aliphatic carbocycles. The lowest BCUT2D eigenvalue weighted by molar-refractivity contribution is 0.100. The van der Waals surface area contributed by atoms with Crippen molar-refractivity contribution >= 4 is 11.6 Å². The molecule has 0 aliphatic rings. The summed E-state index contributed by atoms with van der Waals surface area (Å²) < 4.78 is 0. The van der Waals surface area contributed by atoms with Gasteiger partial charge in [0.15, 0.2) is 11.6 Å². The van der Waals surface area contributed by atoms with E-state index in [4.69, 9.17) is 0 Å². The molecule has 2 heteroatoms. The second kappa shape index (κ2) is 10.3. The number of hydrogen-bond donors (Lipinski definition) is 0. The molecule has 26 heavy (non-hydrogen) atoms. The molecule has 0 radical (unpaired) electrons. The quantitative estimate of drug-likeness (QED) is 0.484. The van der Waals surface area contributed by atoms with Crippen LogP contribution < -0.4 is 0 Å². The maximum absolute atomic E-state index is 11.3. The lowest BCUT2D eigenvalue weighted by atomic mass is 9.99. The molecule has 0 spiro atoms. The Bertz CT molecular complexity index is 813. The summed E-state index contributed by atoms with van der Waals surface area (Å²) in [5.41, 5.74) is 6.18. The van der Waals surface area contributed by atoms with Crippen LogP contribution in [0.2, 0.25) is 0 Å². The summed E-state index contributed by atoms with van der Waals surface area (Å²) in [4.78, 5) is 22.3. The monoisotopic (exact) mass is 348 g/mol. The largest absolute Gasteiger partial charge is 0.295 e. The molecule has 0 atom stereocenters. The molecule has 0 bridgehead atoms. The summed E-state index contributed by atoms with van der Waals surface area (Å²) in [5.74, 6) is 0.244. The molecular formula is C24H28O2. The predicted molar refractivity (Wildman–Crippen MR) is 110 cm³/mol. The Hall–Kier alpha value is -2.74. The zero-order chi connectivity index (χ0) is 19.7. The van der Waals surface area contributed by atoms with E-state index in [1.54, 1.807) is 13.8 Å². The van der Waals surface area contributed by atoms with E-state index in [0.29, 0.717) is 0 Å². The Morgan fingerprint density at radius 3 is 1.92 bits per heavy atom. The number of allylic oxidation sites excluding steroid dienone is 2. The normalized spacial score (nSPS) is 9.69. The van der Waals surface area contributed by atoms with Gasteiger partial charge < -0.3 is 0 Å². The predicted octanol–water partition coefficient (Wildman–Crippen LogP) is 5.85. The van der Waals surface area contributed by atoms with E-state index in [9.17, 15) is 9.59 Å². The van der Waals surface area contributed by atoms with Crippen LogP contribution in [0.25, 0.3) is 0 Å². The van der Waals surface area contributed by atoms with Crippen LogP contribution in [0.1, 0.15) is 56.8 Å². The second-order valence-corrected chi connectivity index (χ2v) is 6.40. The summed E-state index contributed by atoms with van der Waals surface area (Å²) in [6.07, 6.45) is 5.31. The SMILES string of the molecule is C=CCc1ccc(C(C)=O)cc1C.C=CCc1ccc(C)cc1C(C)=O. The topological polar surface area (TPSA) is 34.1 Å². The Morgan fingerprint density at radius 2 is 1.42 bits per heavy atom. The molecule has 2 rings (SSSR count). The van der Waals surface area contributed by atoms with Gasteiger partial charge in [0, 0.05) is 11.1 Å². The van der Waals surface area contributed by atoms with Gasteiger partial charge in [-0.15, -0.1) is 13.2 Å². The molecule has 2 aromatic carbocycles. The molecule has 2 nitrogen and oxygen atoms in total. The van der Waals surface area contributed by atoms with Crippen molar-refractivity contribution in [1.29, 1.82) is 0 Å². The summed E-state index contributed by atoms with van der Waals surface area (Å²) in [5, 5.41) is 0. The Balaban J connectivity index is 0.000000260. The summed E-state index contributed by atoms with van der Waals surface area (Å²) in [6, 6.07) is 11.7. The molecule has 0 saturated heterocycles. The van der Waals surface area contributed by atoms with Crippen molar-refractivity contribution in [3.63, 3.8) is 0 Å². The lowest BCUT2D eigenvalue weighted by Crippen LogP contribution is -1.99. The number of Topliss-reactive ketones (excluding diaryl/α,β-unsaturated/α-hetero) is 2. The second-order valence-electron chi connectivity index (χ2n) is 6.40. The van der Waals surface area contributed by atoms with Crippen molar-refractivity contribution in [1.82, 2.24) is 0 Å². The highest BCUT2D eigenvalue weighted by molar-refractivity contribution is 5.95. The molecule has 0 saturated carbocycles. The van der Waals surface area contributed by atoms with Crippen molar-refractivity contribution in [3.05, 3.63) is 95.1 Å². The van der Waals surface area contributed by atoms with E-state index in [1.807, 2.05) is 62.4 Å². The van der Waals surface area contributed by atoms with Crippen LogP contribution in [-0.4, -0.2) is 11.6 Å². The zero-order valence-corrected chi connectivity index (χ0v) is 16.3. The third-order valence-electron chi connectivity index (χ3n) is 4.12. The number of rotatable bonds is 6. The number of ketones is 2. The maximum Gasteiger partial charge on any atom is 0.160 e. The van der Waals surface area contributed by atoms with Gasteiger partial charge in [-0.05, 0) is 69.4 Å². The Morgan fingerprint density at radius 1 is 0.846 bits per heavy atom. The standard InChI is InChI=1S/2C12H14O/c1-4-5-11-6-7-12(10(3)13)8-9(11)2;1-4-5-11-7-6-9(2)8-12(11)10(3)13/h2*4,6-8H,1,5H2,2-3H3. The van der Waals surface area contributed by atoms with Crippen LogP contribution in [0.15, 0.2) is 61.7 Å². The smallest absolute Gasteiger partial charge is 0.160 e. The average molecular weight is 348 g/mol. The molecular weight excluding hydrogens is 320 g/mol. The Kier molecular flexibility index (Phi) is 8.44. The zero-order valence-electron chi connectivity index (χ0n) is 16.3. The number of aryl methyl sites for hydroxylation is 2. The van der Waals surface area contributed by atoms with Crippen molar-refractivity contribution in [2.45, 2.75) is 40.5 Å². The first-order valence-electron chi connectivity index (χ1n) is 8.72. The molecule has 2 aromatic rings. The molecule has 0 amide bonds. The molecule has 0 unspecified atom stereocenters. The number of carbonyl (C=O) groups excluding carboxylic acids is 2. The van der Waals surface area contributed by atoms with Crippen LogP contribution in [0.5, 0.6) is 0 Å². The first kappa shape index (κ1) is 21.3. The van der Waals surface area contributed by atoms with E-state index in [1.165, 1.54) is 5.56 Å². The third-order valence-corrected chi connectivity index (χ3v) is 4.12. The van der Waals surface area contributed by atoms with Crippen molar-refractivity contribution in [2.75, 3.05) is 0 Å². The molecule has 0 aromatic heterocycles. The fourth-order valence-corrected chi connectivity index (χ4v) is 2.65. The van der Waals surface area contributed by atoms with Crippen molar-refractivity contribution in [2.24, 2.45) is 0 Å². The van der Waals surface area contributed by atoms with Gasteiger partial charge in [0.25, 0.3) is 0 Å². The van der Waals surface area contributed by atoms with E-state index in [-0.39, 0.29) is 11.6 Å². The number of hydrogen-bond acceptors (Lipinski definition) is 2. The van der Waals surface area contributed by atoms with Crippen LogP contribution in [-0.2, 0) is 12.8 Å². The van der Waals surface area contributed by atoms with Crippen LogP contribution in [0.4, 0.5) is 0 Å². The summed E-state index contributed by atoms with van der Waals surface area (Å²) >= 11 is 0. The van der Waals surface area contributed by atoms with Gasteiger partial charge in [-0.3, -0.25) is 9.59 Å². The number of carbonyl (C=O) groups is 2. The van der Waals surface area contributed by atoms with E-state index >= 15 is 0 Å². The van der Waals surface area contributed by atoms with Crippen LogP contribution in [0.3, 0.4) is 0 Å². The van der Waals surface area contributed by atoms with Gasteiger partial charge >= 0.3 is 0 Å². The molecule has 0 aliphatic heterocycles. The summed E-state index contributed by atoms with van der Waals surface area (Å²) in [6.45, 7) is 14.5. The average Bonchev–Trinajstić information content (AvgIpc) is 2.59. The summed E-state index contributed by atoms with van der Waals surface area (Å²) in [7, 11) is 0. The van der Waals surface area contributed by atoms with Gasteiger partial charge in [-0.1, -0.05) is 42.0 Å². The highest BCUT2D eigenvalue weighted by Crippen LogP contribution is 2.14. The fourth-order valence-electron chi connectivity index (χ4n) is 2.65. The molecule has 0 heterocycles. The Labute approximate surface area is 157 Å². The fraction of sp³-hybridized carbons (Fsp3) is 0.250. The van der Waals surface area contributed by atoms with Crippen molar-refractivity contribution < 1.29 is 9.59 Å². The maximum atomic E-state index is 11.3. The minimum atomic E-state index is 0.119. The van der Waals surface area contributed by atoms with Gasteiger partial charge in [0.2, 0.25) is 0 Å². The van der Waals surface area contributed by atoms with Gasteiger partial charge in [0.1, 0.15) is 0 Å². The van der Waals surface area contributed by atoms with E-state index in [2.05, 4.69) is 13.2 Å². The first-order valence-corrected chi connectivity index (χ1v) is 8.72. The highest BCUT2D eigenvalue weighted by atomic mass is 16.1. The van der Waals surface area contributed by atoms with Crippen LogP contribution >= 0.6 is 0 Å².